The van der Waals surface area contributed by atoms with E-state index in [0.717, 1.165) is 32.1 Å². The quantitative estimate of drug-likeness (QED) is 0.605. The maximum absolute atomic E-state index is 13.1. The lowest BCUT2D eigenvalue weighted by molar-refractivity contribution is -0.118. The van der Waals surface area contributed by atoms with Gasteiger partial charge in [-0.15, -0.1) is 11.3 Å². The summed E-state index contributed by atoms with van der Waals surface area (Å²) in [6.07, 6.45) is 5.80. The van der Waals surface area contributed by atoms with Crippen molar-refractivity contribution in [2.75, 3.05) is 5.32 Å². The molecular weight excluding hydrogens is 414 g/mol. The molecule has 3 rings (SSSR count). The van der Waals surface area contributed by atoms with E-state index >= 15 is 0 Å². The maximum atomic E-state index is 13.1. The van der Waals surface area contributed by atoms with Crippen LogP contribution >= 0.6 is 11.3 Å². The molecule has 1 saturated carbocycles. The first kappa shape index (κ1) is 22.9. The third-order valence-electron chi connectivity index (χ3n) is 5.04. The predicted octanol–water partition coefficient (Wildman–Crippen LogP) is 5.11. The normalized spacial score (nSPS) is 15.7. The van der Waals surface area contributed by atoms with Crippen LogP contribution in [-0.2, 0) is 9.53 Å². The number of thiophene rings is 1. The van der Waals surface area contributed by atoms with Gasteiger partial charge in [0.1, 0.15) is 17.5 Å². The van der Waals surface area contributed by atoms with Gasteiger partial charge >= 0.3 is 6.09 Å². The molecule has 1 aliphatic rings. The number of amides is 2. The molecule has 0 aliphatic heterocycles. The Morgan fingerprint density at radius 2 is 1.87 bits per heavy atom. The van der Waals surface area contributed by atoms with E-state index in [0.29, 0.717) is 10.4 Å². The lowest BCUT2D eigenvalue weighted by atomic mass is 9.84. The number of rotatable bonds is 6. The van der Waals surface area contributed by atoms with Crippen LogP contribution in [0.3, 0.4) is 0 Å². The molecule has 1 fully saturated rings. The van der Waals surface area contributed by atoms with Crippen LogP contribution in [0.15, 0.2) is 35.8 Å². The zero-order valence-corrected chi connectivity index (χ0v) is 19.0. The van der Waals surface area contributed by atoms with E-state index in [2.05, 4.69) is 15.6 Å². The summed E-state index contributed by atoms with van der Waals surface area (Å²) in [6, 6.07) is 5.99. The molecule has 2 amide bonds. The Bertz CT molecular complexity index is 915. The Labute approximate surface area is 186 Å². The minimum atomic E-state index is -0.963. The molecule has 2 aromatic rings. The number of carbonyl (C=O) groups excluding carboxylic acids is 3. The number of anilines is 1. The highest BCUT2D eigenvalue weighted by Crippen LogP contribution is 2.29. The first-order chi connectivity index (χ1) is 14.7. The summed E-state index contributed by atoms with van der Waals surface area (Å²) in [5, 5.41) is 7.21. The second kappa shape index (κ2) is 10.0. The number of Topliss-reactive ketones (excluding diaryl/α,β-unsaturated/α-hetero) is 1. The van der Waals surface area contributed by atoms with E-state index in [1.54, 1.807) is 45.0 Å². The third kappa shape index (κ3) is 6.37. The van der Waals surface area contributed by atoms with Gasteiger partial charge < -0.3 is 15.4 Å². The van der Waals surface area contributed by atoms with Crippen LogP contribution in [0.25, 0.3) is 0 Å². The van der Waals surface area contributed by atoms with E-state index < -0.39 is 23.6 Å². The first-order valence-electron chi connectivity index (χ1n) is 10.6. The van der Waals surface area contributed by atoms with E-state index in [9.17, 15) is 14.4 Å². The molecule has 0 spiro atoms. The van der Waals surface area contributed by atoms with Gasteiger partial charge in [-0.1, -0.05) is 25.3 Å². The van der Waals surface area contributed by atoms with E-state index in [-0.39, 0.29) is 17.5 Å². The van der Waals surface area contributed by atoms with Crippen LogP contribution < -0.4 is 10.6 Å². The van der Waals surface area contributed by atoms with Crippen molar-refractivity contribution in [1.29, 1.82) is 0 Å². The number of nitrogens with one attached hydrogen (secondary N) is 2. The van der Waals surface area contributed by atoms with Gasteiger partial charge in [0.25, 0.3) is 5.91 Å². The average molecular weight is 444 g/mol. The number of hydrogen-bond donors (Lipinski definition) is 2. The van der Waals surface area contributed by atoms with Crippen LogP contribution in [0, 0.1) is 5.92 Å². The molecule has 0 bridgehead atoms. The fraction of sp³-hybridized carbons (Fsp3) is 0.478. The van der Waals surface area contributed by atoms with Gasteiger partial charge in [-0.25, -0.2) is 9.78 Å². The minimum absolute atomic E-state index is 0.0101. The number of carbonyl (C=O) groups is 3. The van der Waals surface area contributed by atoms with Crippen molar-refractivity contribution < 1.29 is 19.1 Å². The standard InChI is InChI=1S/C23H29N3O4S/c1-23(2,3)30-22(29)25-18(17-12-8-14-31-17)21(28)26-20-16(11-7-13-24-20)19(27)15-9-5-4-6-10-15/h7-8,11-15,18H,4-6,9-10H2,1-3H3,(H,25,29)(H,24,26,28). The van der Waals surface area contributed by atoms with Crippen LogP contribution in [0.4, 0.5) is 10.6 Å². The monoisotopic (exact) mass is 443 g/mol. The second-order valence-corrected chi connectivity index (χ2v) is 9.66. The summed E-state index contributed by atoms with van der Waals surface area (Å²) in [5.41, 5.74) is -0.286. The summed E-state index contributed by atoms with van der Waals surface area (Å²) >= 11 is 1.34. The lowest BCUT2D eigenvalue weighted by Gasteiger charge is -2.23. The Morgan fingerprint density at radius 3 is 2.52 bits per heavy atom. The van der Waals surface area contributed by atoms with E-state index in [1.807, 2.05) is 5.38 Å². The molecule has 7 nitrogen and oxygen atoms in total. The van der Waals surface area contributed by atoms with Gasteiger partial charge in [0.15, 0.2) is 5.78 Å². The number of pyridine rings is 1. The average Bonchev–Trinajstić information content (AvgIpc) is 3.26. The summed E-state index contributed by atoms with van der Waals surface area (Å²) in [4.78, 5) is 43.4. The van der Waals surface area contributed by atoms with Gasteiger partial charge in [0, 0.05) is 17.0 Å². The number of ether oxygens (including phenoxy) is 1. The fourth-order valence-corrected chi connectivity index (χ4v) is 4.40. The highest BCUT2D eigenvalue weighted by Gasteiger charge is 2.29. The van der Waals surface area contributed by atoms with E-state index in [1.165, 1.54) is 17.5 Å². The SMILES string of the molecule is CC(C)(C)OC(=O)NC(C(=O)Nc1ncccc1C(=O)C1CCCCC1)c1cccs1. The maximum Gasteiger partial charge on any atom is 0.408 e. The van der Waals surface area contributed by atoms with Crippen molar-refractivity contribution in [2.45, 2.75) is 64.5 Å². The van der Waals surface area contributed by atoms with Crippen molar-refractivity contribution in [2.24, 2.45) is 5.92 Å². The fourth-order valence-electron chi connectivity index (χ4n) is 3.62. The molecule has 0 aromatic carbocycles. The van der Waals surface area contributed by atoms with Crippen molar-refractivity contribution in [1.82, 2.24) is 10.3 Å². The van der Waals surface area contributed by atoms with Crippen LogP contribution in [0.5, 0.6) is 0 Å². The van der Waals surface area contributed by atoms with Crippen molar-refractivity contribution in [3.05, 3.63) is 46.3 Å². The smallest absolute Gasteiger partial charge is 0.408 e. The molecule has 2 N–H and O–H groups in total. The van der Waals surface area contributed by atoms with Crippen molar-refractivity contribution >= 4 is 34.9 Å². The molecule has 1 aliphatic carbocycles. The molecule has 2 heterocycles. The number of ketones is 1. The first-order valence-corrected chi connectivity index (χ1v) is 11.5. The predicted molar refractivity (Wildman–Crippen MR) is 120 cm³/mol. The van der Waals surface area contributed by atoms with Gasteiger partial charge in [0.05, 0.1) is 5.56 Å². The number of alkyl carbamates (subject to hydrolysis) is 1. The molecule has 2 aromatic heterocycles. The summed E-state index contributed by atoms with van der Waals surface area (Å²) in [6.45, 7) is 5.26. The summed E-state index contributed by atoms with van der Waals surface area (Å²) in [7, 11) is 0. The summed E-state index contributed by atoms with van der Waals surface area (Å²) < 4.78 is 5.31. The number of aromatic nitrogens is 1. The van der Waals surface area contributed by atoms with Gasteiger partial charge in [-0.3, -0.25) is 9.59 Å². The second-order valence-electron chi connectivity index (χ2n) is 8.68. The molecule has 31 heavy (non-hydrogen) atoms. The van der Waals surface area contributed by atoms with E-state index in [4.69, 9.17) is 4.74 Å². The van der Waals surface area contributed by atoms with Crippen LogP contribution in [0.2, 0.25) is 0 Å². The largest absolute Gasteiger partial charge is 0.444 e. The molecule has 1 unspecified atom stereocenters. The van der Waals surface area contributed by atoms with Gasteiger partial charge in [-0.2, -0.15) is 0 Å². The van der Waals surface area contributed by atoms with Crippen molar-refractivity contribution in [3.63, 3.8) is 0 Å². The molecule has 1 atom stereocenters. The van der Waals surface area contributed by atoms with Crippen LogP contribution in [0.1, 0.15) is 74.2 Å². The Morgan fingerprint density at radius 1 is 1.13 bits per heavy atom. The number of nitrogens with zero attached hydrogens (tertiary/aromatic N) is 1. The Hall–Kier alpha value is -2.74. The molecular formula is C23H29N3O4S. The Balaban J connectivity index is 1.79. The van der Waals surface area contributed by atoms with Crippen LogP contribution in [-0.4, -0.2) is 28.4 Å². The molecule has 166 valence electrons. The third-order valence-corrected chi connectivity index (χ3v) is 5.98. The zero-order chi connectivity index (χ0) is 22.4. The zero-order valence-electron chi connectivity index (χ0n) is 18.1. The minimum Gasteiger partial charge on any atom is -0.444 e. The number of hydrogen-bond acceptors (Lipinski definition) is 6. The highest BCUT2D eigenvalue weighted by atomic mass is 32.1. The summed E-state index contributed by atoms with van der Waals surface area (Å²) in [5.74, 6) is -0.294. The molecule has 8 heteroatoms. The molecule has 0 radical (unpaired) electrons. The Kier molecular flexibility index (Phi) is 7.43. The van der Waals surface area contributed by atoms with Gasteiger partial charge in [0.2, 0.25) is 0 Å². The van der Waals surface area contributed by atoms with Crippen molar-refractivity contribution in [3.8, 4) is 0 Å². The lowest BCUT2D eigenvalue weighted by Crippen LogP contribution is -2.40. The molecule has 0 saturated heterocycles. The highest BCUT2D eigenvalue weighted by molar-refractivity contribution is 7.10. The van der Waals surface area contributed by atoms with Gasteiger partial charge in [-0.05, 0) is 57.2 Å². The topological polar surface area (TPSA) is 97.4 Å².